The number of pyridine rings is 1. The fourth-order valence-corrected chi connectivity index (χ4v) is 4.07. The predicted octanol–water partition coefficient (Wildman–Crippen LogP) is 4.35. The first-order chi connectivity index (χ1) is 13.8. The molecule has 1 aliphatic rings. The average molecular weight is 399 g/mol. The van der Waals surface area contributed by atoms with Crippen LogP contribution in [-0.4, -0.2) is 20.5 Å². The van der Waals surface area contributed by atoms with Crippen LogP contribution >= 0.6 is 0 Å². The highest BCUT2D eigenvalue weighted by Crippen LogP contribution is 2.41. The number of hydrogen-bond donors (Lipinski definition) is 2. The number of Topliss-reactive ketones (excluding diaryl/α,β-unsaturated/α-hetero) is 1. The van der Waals surface area contributed by atoms with Gasteiger partial charge in [-0.05, 0) is 44.2 Å². The maximum Gasteiger partial charge on any atom is 0.146 e. The quantitative estimate of drug-likeness (QED) is 0.638. The second-order valence-corrected chi connectivity index (χ2v) is 7.88. The van der Waals surface area contributed by atoms with Crippen LogP contribution in [0.3, 0.4) is 0 Å². The Hall–Kier alpha value is -3.03. The number of carbonyl (C=O) groups is 1. The van der Waals surface area contributed by atoms with Crippen molar-refractivity contribution in [2.75, 3.05) is 11.5 Å². The normalized spacial score (nSPS) is 15.6. The molecule has 0 amide bonds. The highest BCUT2D eigenvalue weighted by Gasteiger charge is 2.28. The maximum atomic E-state index is 14.7. The fraction of sp³-hybridized carbons (Fsp3) is 0.381. The summed E-state index contributed by atoms with van der Waals surface area (Å²) in [6.07, 6.45) is 4.22. The van der Waals surface area contributed by atoms with Crippen LogP contribution < -0.4 is 11.5 Å². The predicted molar refractivity (Wildman–Crippen MR) is 108 cm³/mol. The molecule has 1 aliphatic carbocycles. The molecule has 1 aromatic carbocycles. The number of nitrogens with zero attached hydrogens (tertiary/aromatic N) is 3. The number of halogens is 2. The molecule has 6 nitrogen and oxygen atoms in total. The van der Waals surface area contributed by atoms with Crippen molar-refractivity contribution in [1.82, 2.24) is 14.8 Å². The van der Waals surface area contributed by atoms with Crippen LogP contribution in [0.5, 0.6) is 0 Å². The van der Waals surface area contributed by atoms with Gasteiger partial charge in [-0.25, -0.2) is 13.8 Å². The van der Waals surface area contributed by atoms with Gasteiger partial charge in [0.15, 0.2) is 0 Å². The topological polar surface area (TPSA) is 99.8 Å². The smallest absolute Gasteiger partial charge is 0.146 e. The van der Waals surface area contributed by atoms with Crippen LogP contribution in [-0.2, 0) is 4.79 Å². The van der Waals surface area contributed by atoms with Gasteiger partial charge in [-0.2, -0.15) is 5.10 Å². The summed E-state index contributed by atoms with van der Waals surface area (Å²) in [5.74, 6) is -0.791. The third-order valence-electron chi connectivity index (χ3n) is 5.60. The van der Waals surface area contributed by atoms with Crippen LogP contribution in [0.2, 0.25) is 0 Å². The lowest BCUT2D eigenvalue weighted by Gasteiger charge is -2.23. The molecule has 0 bridgehead atoms. The summed E-state index contributed by atoms with van der Waals surface area (Å²) < 4.78 is 30.6. The lowest BCUT2D eigenvalue weighted by molar-refractivity contribution is -0.120. The molecule has 1 saturated carbocycles. The zero-order valence-electron chi connectivity index (χ0n) is 16.4. The van der Waals surface area contributed by atoms with Gasteiger partial charge in [-0.15, -0.1) is 0 Å². The molecule has 8 heteroatoms. The Morgan fingerprint density at radius 3 is 2.48 bits per heavy atom. The van der Waals surface area contributed by atoms with Crippen molar-refractivity contribution in [3.05, 3.63) is 35.5 Å². The van der Waals surface area contributed by atoms with Crippen LogP contribution in [0.25, 0.3) is 22.2 Å². The summed E-state index contributed by atoms with van der Waals surface area (Å²) in [4.78, 5) is 16.0. The second-order valence-electron chi connectivity index (χ2n) is 7.88. The monoisotopic (exact) mass is 399 g/mol. The van der Waals surface area contributed by atoms with Crippen LogP contribution in [0.4, 0.5) is 20.3 Å². The summed E-state index contributed by atoms with van der Waals surface area (Å²) in [6.45, 7) is 3.92. The van der Waals surface area contributed by atoms with Crippen molar-refractivity contribution in [3.63, 3.8) is 0 Å². The molecule has 0 spiro atoms. The second kappa shape index (κ2) is 7.09. The summed E-state index contributed by atoms with van der Waals surface area (Å²) in [5.41, 5.74) is 13.3. The number of nitrogens with two attached hydrogens (primary N) is 2. The Morgan fingerprint density at radius 2 is 1.83 bits per heavy atom. The minimum Gasteiger partial charge on any atom is -0.396 e. The van der Waals surface area contributed by atoms with E-state index in [0.29, 0.717) is 18.2 Å². The molecule has 0 atom stereocenters. The number of carbonyl (C=O) groups excluding carboxylic acids is 1. The van der Waals surface area contributed by atoms with Crippen molar-refractivity contribution in [2.45, 2.75) is 51.5 Å². The average Bonchev–Trinajstić information content (AvgIpc) is 3.07. The van der Waals surface area contributed by atoms with Crippen LogP contribution in [0.15, 0.2) is 18.3 Å². The van der Waals surface area contributed by atoms with Gasteiger partial charge in [0.2, 0.25) is 0 Å². The SMILES string of the molecule is CC(C)n1nc(-c2cc(F)c(N)cc2F)c2c(N)ncc(C3CCC(=O)CC3)c21. The molecule has 0 unspecified atom stereocenters. The van der Waals surface area contributed by atoms with Crippen molar-refractivity contribution in [2.24, 2.45) is 0 Å². The molecule has 2 aromatic heterocycles. The number of fused-ring (bicyclic) bond motifs is 1. The van der Waals surface area contributed by atoms with E-state index < -0.39 is 11.6 Å². The Labute approximate surface area is 166 Å². The van der Waals surface area contributed by atoms with E-state index in [1.165, 1.54) is 0 Å². The number of benzene rings is 1. The minimum absolute atomic E-state index is 0.00873. The Kier molecular flexibility index (Phi) is 4.72. The molecule has 4 N–H and O–H groups in total. The molecular weight excluding hydrogens is 376 g/mol. The highest BCUT2D eigenvalue weighted by atomic mass is 19.1. The molecule has 29 heavy (non-hydrogen) atoms. The maximum absolute atomic E-state index is 14.7. The number of aromatic nitrogens is 3. The molecule has 3 aromatic rings. The first kappa shape index (κ1) is 19.3. The van der Waals surface area contributed by atoms with E-state index >= 15 is 0 Å². The van der Waals surface area contributed by atoms with E-state index in [1.807, 2.05) is 13.8 Å². The summed E-state index contributed by atoms with van der Waals surface area (Å²) in [6, 6.07) is 1.95. The van der Waals surface area contributed by atoms with Crippen molar-refractivity contribution in [3.8, 4) is 11.3 Å². The molecule has 152 valence electrons. The van der Waals surface area contributed by atoms with Crippen LogP contribution in [0.1, 0.15) is 57.1 Å². The fourth-order valence-electron chi connectivity index (χ4n) is 4.07. The number of ketones is 1. The van der Waals surface area contributed by atoms with Gasteiger partial charge in [0.1, 0.15) is 28.9 Å². The van der Waals surface area contributed by atoms with E-state index in [4.69, 9.17) is 11.5 Å². The molecular formula is C21H23F2N5O. The Balaban J connectivity index is 2.00. The number of hydrogen-bond acceptors (Lipinski definition) is 5. The summed E-state index contributed by atoms with van der Waals surface area (Å²) >= 11 is 0. The van der Waals surface area contributed by atoms with Crippen molar-refractivity contribution < 1.29 is 13.6 Å². The third kappa shape index (κ3) is 3.22. The van der Waals surface area contributed by atoms with E-state index in [2.05, 4.69) is 10.1 Å². The zero-order chi connectivity index (χ0) is 20.9. The lowest BCUT2D eigenvalue weighted by atomic mass is 9.83. The summed E-state index contributed by atoms with van der Waals surface area (Å²) in [7, 11) is 0. The van der Waals surface area contributed by atoms with Gasteiger partial charge in [-0.1, -0.05) is 0 Å². The Morgan fingerprint density at radius 1 is 1.14 bits per heavy atom. The molecule has 0 radical (unpaired) electrons. The van der Waals surface area contributed by atoms with Crippen molar-refractivity contribution in [1.29, 1.82) is 0 Å². The van der Waals surface area contributed by atoms with E-state index in [1.54, 1.807) is 10.9 Å². The van der Waals surface area contributed by atoms with Gasteiger partial charge in [0.05, 0.1) is 16.6 Å². The third-order valence-corrected chi connectivity index (χ3v) is 5.60. The number of nitrogen functional groups attached to an aromatic ring is 2. The van der Waals surface area contributed by atoms with Crippen molar-refractivity contribution >= 4 is 28.2 Å². The molecule has 1 fully saturated rings. The van der Waals surface area contributed by atoms with E-state index in [-0.39, 0.29) is 40.5 Å². The molecule has 0 aliphatic heterocycles. The first-order valence-electron chi connectivity index (χ1n) is 9.71. The highest BCUT2D eigenvalue weighted by molar-refractivity contribution is 6.02. The van der Waals surface area contributed by atoms with Gasteiger partial charge >= 0.3 is 0 Å². The molecule has 4 rings (SSSR count). The van der Waals surface area contributed by atoms with Crippen LogP contribution in [0, 0.1) is 11.6 Å². The molecule has 2 heterocycles. The van der Waals surface area contributed by atoms with Gasteiger partial charge < -0.3 is 11.5 Å². The van der Waals surface area contributed by atoms with Gasteiger partial charge in [0.25, 0.3) is 0 Å². The first-order valence-corrected chi connectivity index (χ1v) is 9.71. The standard InChI is InChI=1S/C21H23F2N5O/c1-10(2)28-20-14(11-3-5-12(29)6-4-11)9-26-21(25)18(20)19(27-28)13-7-16(23)17(24)8-15(13)22/h7-11H,3-6,24H2,1-2H3,(H2,25,26). The Bertz CT molecular complexity index is 1110. The van der Waals surface area contributed by atoms with E-state index in [0.717, 1.165) is 36.1 Å². The number of rotatable bonds is 3. The minimum atomic E-state index is -0.720. The van der Waals surface area contributed by atoms with E-state index in [9.17, 15) is 13.6 Å². The van der Waals surface area contributed by atoms with Gasteiger partial charge in [0, 0.05) is 36.7 Å². The largest absolute Gasteiger partial charge is 0.396 e. The zero-order valence-corrected chi connectivity index (χ0v) is 16.4. The number of anilines is 2. The summed E-state index contributed by atoms with van der Waals surface area (Å²) in [5, 5.41) is 5.10. The molecule has 0 saturated heterocycles. The van der Waals surface area contributed by atoms with Gasteiger partial charge in [-0.3, -0.25) is 9.48 Å². The lowest BCUT2D eigenvalue weighted by Crippen LogP contribution is -2.14.